The number of nitrogens with zero attached hydrogens (tertiary/aromatic N) is 3. The number of nitrogens with one attached hydrogen (secondary N) is 2. The number of aryl methyl sites for hydroxylation is 1. The zero-order chi connectivity index (χ0) is 24.4. The third-order valence-corrected chi connectivity index (χ3v) is 7.36. The van der Waals surface area contributed by atoms with Gasteiger partial charge in [0.05, 0.1) is 12.6 Å². The normalized spacial score (nSPS) is 16.8. The van der Waals surface area contributed by atoms with Gasteiger partial charge in [-0.25, -0.2) is 4.68 Å². The average molecular weight is 486 g/mol. The average Bonchev–Trinajstić information content (AvgIpc) is 3.30. The molecular formula is C27H27N5O2S. The molecule has 0 unspecified atom stereocenters. The lowest BCUT2D eigenvalue weighted by atomic mass is 10.0. The van der Waals surface area contributed by atoms with Crippen LogP contribution in [0.25, 0.3) is 11.4 Å². The van der Waals surface area contributed by atoms with Crippen molar-refractivity contribution in [3.05, 3.63) is 89.5 Å². The van der Waals surface area contributed by atoms with Crippen LogP contribution >= 0.6 is 11.8 Å². The summed E-state index contributed by atoms with van der Waals surface area (Å²) in [4.78, 5) is 13.6. The highest BCUT2D eigenvalue weighted by Gasteiger charge is 2.38. The number of thioether (sulfide) groups is 1. The largest absolute Gasteiger partial charge is 0.494 e. The highest BCUT2D eigenvalue weighted by molar-refractivity contribution is 8.00. The molecule has 35 heavy (non-hydrogen) atoms. The molecule has 7 nitrogen and oxygen atoms in total. The molecule has 1 aliphatic rings. The van der Waals surface area contributed by atoms with Crippen LogP contribution in [0.5, 0.6) is 5.75 Å². The fraction of sp³-hybridized carbons (Fsp3) is 0.222. The van der Waals surface area contributed by atoms with E-state index in [4.69, 9.17) is 4.74 Å². The van der Waals surface area contributed by atoms with Crippen LogP contribution in [-0.4, -0.2) is 32.6 Å². The van der Waals surface area contributed by atoms with E-state index >= 15 is 0 Å². The number of fused-ring (bicyclic) bond motifs is 1. The Hall–Kier alpha value is -3.78. The van der Waals surface area contributed by atoms with E-state index in [9.17, 15) is 4.79 Å². The third kappa shape index (κ3) is 4.61. The molecule has 3 aromatic carbocycles. The van der Waals surface area contributed by atoms with E-state index in [1.165, 1.54) is 11.8 Å². The van der Waals surface area contributed by atoms with Crippen LogP contribution in [0.3, 0.4) is 0 Å². The van der Waals surface area contributed by atoms with Gasteiger partial charge in [-0.15, -0.1) is 10.2 Å². The summed E-state index contributed by atoms with van der Waals surface area (Å²) in [5.74, 6) is 1.41. The summed E-state index contributed by atoms with van der Waals surface area (Å²) in [6.45, 7) is 6.62. The Morgan fingerprint density at radius 2 is 1.80 bits per heavy atom. The Kier molecular flexibility index (Phi) is 6.46. The summed E-state index contributed by atoms with van der Waals surface area (Å²) >= 11 is 1.41. The first kappa shape index (κ1) is 23.0. The highest BCUT2D eigenvalue weighted by atomic mass is 32.2. The Bertz CT molecular complexity index is 1340. The standard InChI is InChI=1S/C27H27N5O2S/c1-4-34-21-15-13-19(14-16-21)23-24(26(33)28-22-12-8-9-17(2)18(22)3)35-27-30-29-25(32(27)31-23)20-10-6-5-7-11-20/h5-16,23-24,31H,4H2,1-3H3,(H,28,33)/t23-,24+/m1/s1. The monoisotopic (exact) mass is 485 g/mol. The minimum absolute atomic E-state index is 0.0920. The molecule has 8 heteroatoms. The maximum absolute atomic E-state index is 13.6. The number of anilines is 1. The van der Waals surface area contributed by atoms with Gasteiger partial charge in [-0.05, 0) is 55.7 Å². The minimum Gasteiger partial charge on any atom is -0.494 e. The van der Waals surface area contributed by atoms with Crippen LogP contribution in [0.15, 0.2) is 78.0 Å². The van der Waals surface area contributed by atoms with Gasteiger partial charge in [-0.3, -0.25) is 4.79 Å². The quantitative estimate of drug-likeness (QED) is 0.383. The van der Waals surface area contributed by atoms with E-state index in [1.807, 2.05) is 98.2 Å². The molecule has 4 aromatic rings. The molecule has 2 N–H and O–H groups in total. The van der Waals surface area contributed by atoms with E-state index in [-0.39, 0.29) is 11.9 Å². The second kappa shape index (κ2) is 9.84. The predicted octanol–water partition coefficient (Wildman–Crippen LogP) is 5.36. The molecule has 1 amide bonds. The van der Waals surface area contributed by atoms with Crippen molar-refractivity contribution >= 4 is 23.4 Å². The zero-order valence-corrected chi connectivity index (χ0v) is 20.7. The molecule has 0 fully saturated rings. The topological polar surface area (TPSA) is 81.1 Å². The van der Waals surface area contributed by atoms with Crippen molar-refractivity contribution in [3.63, 3.8) is 0 Å². The number of hydrogen-bond acceptors (Lipinski definition) is 6. The highest BCUT2D eigenvalue weighted by Crippen LogP contribution is 2.39. The van der Waals surface area contributed by atoms with E-state index in [0.717, 1.165) is 33.7 Å². The van der Waals surface area contributed by atoms with Crippen LogP contribution < -0.4 is 15.5 Å². The van der Waals surface area contributed by atoms with Crippen LogP contribution in [0.2, 0.25) is 0 Å². The first-order chi connectivity index (χ1) is 17.0. The SMILES string of the molecule is CCOc1ccc([C@H]2Nn3c(nnc3-c3ccccc3)S[C@@H]2C(=O)Nc2cccc(C)c2C)cc1. The number of ether oxygens (including phenoxy) is 1. The van der Waals surface area contributed by atoms with E-state index in [0.29, 0.717) is 17.6 Å². The van der Waals surface area contributed by atoms with Gasteiger partial charge < -0.3 is 15.5 Å². The molecule has 1 aliphatic heterocycles. The fourth-order valence-electron chi connectivity index (χ4n) is 4.11. The second-order valence-corrected chi connectivity index (χ2v) is 9.50. The summed E-state index contributed by atoms with van der Waals surface area (Å²) in [6.07, 6.45) is 0. The van der Waals surface area contributed by atoms with Crippen LogP contribution in [0, 0.1) is 13.8 Å². The number of aromatic nitrogens is 3. The van der Waals surface area contributed by atoms with E-state index < -0.39 is 5.25 Å². The molecule has 5 rings (SSSR count). The van der Waals surface area contributed by atoms with Crippen molar-refractivity contribution in [2.75, 3.05) is 17.3 Å². The first-order valence-electron chi connectivity index (χ1n) is 11.6. The Balaban J connectivity index is 1.51. The van der Waals surface area contributed by atoms with Crippen molar-refractivity contribution in [1.29, 1.82) is 0 Å². The van der Waals surface area contributed by atoms with Gasteiger partial charge in [-0.2, -0.15) is 0 Å². The molecule has 2 heterocycles. The molecular weight excluding hydrogens is 458 g/mol. The predicted molar refractivity (Wildman–Crippen MR) is 139 cm³/mol. The summed E-state index contributed by atoms with van der Waals surface area (Å²) in [6, 6.07) is 23.4. The molecule has 0 saturated carbocycles. The lowest BCUT2D eigenvalue weighted by molar-refractivity contribution is -0.116. The molecule has 0 spiro atoms. The van der Waals surface area contributed by atoms with Gasteiger partial charge >= 0.3 is 0 Å². The van der Waals surface area contributed by atoms with Crippen LogP contribution in [-0.2, 0) is 4.79 Å². The van der Waals surface area contributed by atoms with Crippen molar-refractivity contribution in [2.24, 2.45) is 0 Å². The van der Waals surface area contributed by atoms with Gasteiger partial charge in [0, 0.05) is 11.3 Å². The van der Waals surface area contributed by atoms with Gasteiger partial charge in [0.1, 0.15) is 11.0 Å². The van der Waals surface area contributed by atoms with E-state index in [2.05, 4.69) is 20.9 Å². The molecule has 0 radical (unpaired) electrons. The smallest absolute Gasteiger partial charge is 0.240 e. The number of carbonyl (C=O) groups excluding carboxylic acids is 1. The molecule has 0 aliphatic carbocycles. The summed E-state index contributed by atoms with van der Waals surface area (Å²) in [5.41, 5.74) is 8.45. The van der Waals surface area contributed by atoms with Gasteiger partial charge in [-0.1, -0.05) is 66.4 Å². The fourth-order valence-corrected chi connectivity index (χ4v) is 5.19. The Morgan fingerprint density at radius 1 is 1.03 bits per heavy atom. The summed E-state index contributed by atoms with van der Waals surface area (Å²) < 4.78 is 7.49. The number of amides is 1. The molecule has 178 valence electrons. The van der Waals surface area contributed by atoms with Crippen molar-refractivity contribution in [3.8, 4) is 17.1 Å². The third-order valence-electron chi connectivity index (χ3n) is 6.14. The number of carbonyl (C=O) groups is 1. The van der Waals surface area contributed by atoms with Crippen molar-refractivity contribution < 1.29 is 9.53 Å². The lowest BCUT2D eigenvalue weighted by Gasteiger charge is -2.33. The Labute approximate surface area is 208 Å². The molecule has 0 saturated heterocycles. The van der Waals surface area contributed by atoms with E-state index in [1.54, 1.807) is 0 Å². The maximum Gasteiger partial charge on any atom is 0.240 e. The molecule has 0 bridgehead atoms. The summed E-state index contributed by atoms with van der Waals surface area (Å²) in [5, 5.41) is 12.1. The second-order valence-electron chi connectivity index (χ2n) is 8.39. The number of benzene rings is 3. The van der Waals surface area contributed by atoms with Crippen LogP contribution in [0.1, 0.15) is 29.7 Å². The summed E-state index contributed by atoms with van der Waals surface area (Å²) in [7, 11) is 0. The van der Waals surface area contributed by atoms with Gasteiger partial charge in [0.15, 0.2) is 5.82 Å². The van der Waals surface area contributed by atoms with Crippen molar-refractivity contribution in [2.45, 2.75) is 37.2 Å². The van der Waals surface area contributed by atoms with Gasteiger partial charge in [0.2, 0.25) is 11.1 Å². The maximum atomic E-state index is 13.6. The minimum atomic E-state index is -0.465. The molecule has 2 atom stereocenters. The van der Waals surface area contributed by atoms with Gasteiger partial charge in [0.25, 0.3) is 0 Å². The number of rotatable bonds is 6. The number of hydrogen-bond donors (Lipinski definition) is 2. The zero-order valence-electron chi connectivity index (χ0n) is 19.9. The lowest BCUT2D eigenvalue weighted by Crippen LogP contribution is -2.41. The van der Waals surface area contributed by atoms with Crippen molar-refractivity contribution in [1.82, 2.24) is 14.9 Å². The first-order valence-corrected chi connectivity index (χ1v) is 12.5. The molecule has 1 aromatic heterocycles. The Morgan fingerprint density at radius 3 is 2.54 bits per heavy atom. The van der Waals surface area contributed by atoms with Crippen LogP contribution in [0.4, 0.5) is 5.69 Å².